The van der Waals surface area contributed by atoms with Gasteiger partial charge in [-0.25, -0.2) is 4.79 Å². The summed E-state index contributed by atoms with van der Waals surface area (Å²) in [5, 5.41) is 6.19. The molecule has 0 atom stereocenters. The van der Waals surface area contributed by atoms with E-state index >= 15 is 0 Å². The van der Waals surface area contributed by atoms with Gasteiger partial charge in [0, 0.05) is 56.3 Å². The molecule has 2 aliphatic rings. The number of carbonyl (C=O) groups excluding carboxylic acids is 3. The molecule has 0 radical (unpaired) electrons. The minimum Gasteiger partial charge on any atom is -0.468 e. The van der Waals surface area contributed by atoms with Gasteiger partial charge in [0.2, 0.25) is 5.91 Å². The molecule has 3 heterocycles. The summed E-state index contributed by atoms with van der Waals surface area (Å²) in [5.74, 6) is -0.354. The normalized spacial score (nSPS) is 16.0. The maximum Gasteiger partial charge on any atom is 0.324 e. The van der Waals surface area contributed by atoms with Crippen molar-refractivity contribution >= 4 is 23.6 Å². The summed E-state index contributed by atoms with van der Waals surface area (Å²) in [6, 6.07) is 21.7. The van der Waals surface area contributed by atoms with Crippen molar-refractivity contribution in [3.8, 4) is 11.3 Å². The maximum atomic E-state index is 13.8. The number of carbonyl (C=O) groups is 3. The second-order valence-corrected chi connectivity index (χ2v) is 10.2. The first-order valence-electron chi connectivity index (χ1n) is 13.6. The van der Waals surface area contributed by atoms with Gasteiger partial charge >= 0.3 is 12.0 Å². The average Bonchev–Trinajstić information content (AvgIpc) is 3.44. The first kappa shape index (κ1) is 27.1. The SMILES string of the molecule is COC(=O)C1(c2ccccc2)CCN(C(=O)N2C=C(NCCNC(C)=O)c3cc(-c4ccccc4)[nH]c3C2)CC1. The number of hydrogen-bond acceptors (Lipinski definition) is 5. The number of nitrogens with zero attached hydrogens (tertiary/aromatic N) is 2. The van der Waals surface area contributed by atoms with Gasteiger partial charge in [-0.15, -0.1) is 0 Å². The van der Waals surface area contributed by atoms with Gasteiger partial charge in [0.15, 0.2) is 0 Å². The number of urea groups is 1. The van der Waals surface area contributed by atoms with Crippen molar-refractivity contribution in [3.63, 3.8) is 0 Å². The largest absolute Gasteiger partial charge is 0.468 e. The molecule has 1 saturated heterocycles. The second kappa shape index (κ2) is 11.7. The van der Waals surface area contributed by atoms with Crippen LogP contribution < -0.4 is 10.6 Å². The predicted molar refractivity (Wildman–Crippen MR) is 153 cm³/mol. The number of esters is 1. The fourth-order valence-electron chi connectivity index (χ4n) is 5.60. The van der Waals surface area contributed by atoms with Crippen molar-refractivity contribution in [3.05, 3.63) is 89.8 Å². The number of aromatic nitrogens is 1. The fourth-order valence-corrected chi connectivity index (χ4v) is 5.60. The van der Waals surface area contributed by atoms with E-state index in [-0.39, 0.29) is 17.9 Å². The van der Waals surface area contributed by atoms with Crippen LogP contribution in [0.1, 0.15) is 36.6 Å². The molecule has 9 heteroatoms. The van der Waals surface area contributed by atoms with Crippen LogP contribution in [0.5, 0.6) is 0 Å². The summed E-state index contributed by atoms with van der Waals surface area (Å²) in [5.41, 5.74) is 4.92. The van der Waals surface area contributed by atoms with Crippen LogP contribution in [0.15, 0.2) is 72.9 Å². The van der Waals surface area contributed by atoms with E-state index in [2.05, 4.69) is 21.7 Å². The Morgan fingerprint density at radius 2 is 1.65 bits per heavy atom. The standard InChI is InChI=1S/C31H35N5O4/c1-22(37)32-15-16-33-27-20-36(21-28-25(27)19-26(34-28)23-9-5-3-6-10-23)30(39)35-17-13-31(14-18-35,29(38)40-2)24-11-7-4-8-12-24/h3-12,19-20,33-34H,13-18,21H2,1-2H3,(H,32,37). The number of nitrogens with one attached hydrogen (secondary N) is 3. The minimum atomic E-state index is -0.766. The van der Waals surface area contributed by atoms with E-state index in [1.54, 1.807) is 4.90 Å². The number of H-pyrrole nitrogens is 1. The number of ether oxygens (including phenoxy) is 1. The fraction of sp³-hybridized carbons (Fsp3) is 0.323. The van der Waals surface area contributed by atoms with E-state index < -0.39 is 5.41 Å². The van der Waals surface area contributed by atoms with Crippen LogP contribution in [0.2, 0.25) is 0 Å². The highest BCUT2D eigenvalue weighted by atomic mass is 16.5. The van der Waals surface area contributed by atoms with Crippen molar-refractivity contribution in [1.82, 2.24) is 25.4 Å². The van der Waals surface area contributed by atoms with E-state index in [4.69, 9.17) is 4.74 Å². The molecule has 1 fully saturated rings. The van der Waals surface area contributed by atoms with E-state index in [0.29, 0.717) is 45.6 Å². The van der Waals surface area contributed by atoms with E-state index in [9.17, 15) is 14.4 Å². The average molecular weight is 542 g/mol. The summed E-state index contributed by atoms with van der Waals surface area (Å²) in [4.78, 5) is 45.1. The lowest BCUT2D eigenvalue weighted by Crippen LogP contribution is -2.52. The van der Waals surface area contributed by atoms with Gasteiger partial charge in [0.05, 0.1) is 24.8 Å². The molecule has 0 bridgehead atoms. The van der Waals surface area contributed by atoms with Crippen LogP contribution in [-0.2, 0) is 26.3 Å². The van der Waals surface area contributed by atoms with Crippen LogP contribution in [0.4, 0.5) is 4.79 Å². The number of piperidine rings is 1. The Morgan fingerprint density at radius 3 is 2.30 bits per heavy atom. The summed E-state index contributed by atoms with van der Waals surface area (Å²) in [6.45, 7) is 3.74. The Bertz CT molecular complexity index is 1390. The molecule has 3 amide bonds. The van der Waals surface area contributed by atoms with Gasteiger partial charge in [0.1, 0.15) is 0 Å². The van der Waals surface area contributed by atoms with Crippen molar-refractivity contribution < 1.29 is 19.1 Å². The molecule has 0 spiro atoms. The number of aromatic amines is 1. The number of methoxy groups -OCH3 is 1. The highest BCUT2D eigenvalue weighted by Crippen LogP contribution is 2.38. The van der Waals surface area contributed by atoms with Gasteiger partial charge in [-0.2, -0.15) is 0 Å². The number of amides is 3. The first-order chi connectivity index (χ1) is 19.4. The highest BCUT2D eigenvalue weighted by Gasteiger charge is 2.45. The van der Waals surface area contributed by atoms with Crippen LogP contribution in [0.25, 0.3) is 17.0 Å². The van der Waals surface area contributed by atoms with Crippen LogP contribution >= 0.6 is 0 Å². The van der Waals surface area contributed by atoms with E-state index in [1.807, 2.05) is 71.8 Å². The van der Waals surface area contributed by atoms with Crippen molar-refractivity contribution in [1.29, 1.82) is 0 Å². The molecule has 2 aromatic carbocycles. The number of rotatable bonds is 7. The lowest BCUT2D eigenvalue weighted by Gasteiger charge is -2.41. The van der Waals surface area contributed by atoms with Crippen LogP contribution in [-0.4, -0.2) is 66.0 Å². The summed E-state index contributed by atoms with van der Waals surface area (Å²) in [6.07, 6.45) is 2.82. The summed E-state index contributed by atoms with van der Waals surface area (Å²) in [7, 11) is 1.42. The zero-order chi connectivity index (χ0) is 28.1. The molecule has 40 heavy (non-hydrogen) atoms. The van der Waals surface area contributed by atoms with Gasteiger partial charge in [-0.05, 0) is 30.0 Å². The third kappa shape index (κ3) is 5.45. The summed E-state index contributed by atoms with van der Waals surface area (Å²) >= 11 is 0. The topological polar surface area (TPSA) is 107 Å². The number of fused-ring (bicyclic) bond motifs is 1. The van der Waals surface area contributed by atoms with E-state index in [0.717, 1.165) is 33.8 Å². The highest BCUT2D eigenvalue weighted by molar-refractivity contribution is 5.85. The van der Waals surface area contributed by atoms with Crippen molar-refractivity contribution in [2.24, 2.45) is 0 Å². The molecular formula is C31H35N5O4. The Balaban J connectivity index is 1.35. The molecule has 3 N–H and O–H groups in total. The zero-order valence-electron chi connectivity index (χ0n) is 22.9. The number of benzene rings is 2. The predicted octanol–water partition coefficient (Wildman–Crippen LogP) is 3.85. The van der Waals surface area contributed by atoms with Gasteiger partial charge in [-0.3, -0.25) is 14.5 Å². The number of likely N-dealkylation sites (tertiary alicyclic amines) is 1. The van der Waals surface area contributed by atoms with Gasteiger partial charge in [-0.1, -0.05) is 60.7 Å². The third-order valence-electron chi connectivity index (χ3n) is 7.74. The Hall–Kier alpha value is -4.53. The smallest absolute Gasteiger partial charge is 0.324 e. The molecule has 3 aromatic rings. The minimum absolute atomic E-state index is 0.0893. The van der Waals surface area contributed by atoms with E-state index in [1.165, 1.54) is 14.0 Å². The zero-order valence-corrected chi connectivity index (χ0v) is 22.9. The first-order valence-corrected chi connectivity index (χ1v) is 13.6. The molecule has 2 aliphatic heterocycles. The van der Waals surface area contributed by atoms with Gasteiger partial charge in [0.25, 0.3) is 0 Å². The van der Waals surface area contributed by atoms with Crippen molar-refractivity contribution in [2.45, 2.75) is 31.7 Å². The molecular weight excluding hydrogens is 506 g/mol. The van der Waals surface area contributed by atoms with Crippen LogP contribution in [0.3, 0.4) is 0 Å². The Morgan fingerprint density at radius 1 is 0.975 bits per heavy atom. The molecule has 0 aliphatic carbocycles. The maximum absolute atomic E-state index is 13.8. The van der Waals surface area contributed by atoms with Crippen LogP contribution in [0, 0.1) is 0 Å². The molecule has 9 nitrogen and oxygen atoms in total. The summed E-state index contributed by atoms with van der Waals surface area (Å²) < 4.78 is 5.21. The molecule has 0 unspecified atom stereocenters. The molecule has 0 saturated carbocycles. The lowest BCUT2D eigenvalue weighted by atomic mass is 9.73. The monoisotopic (exact) mass is 541 g/mol. The quantitative estimate of drug-likeness (QED) is 0.311. The Labute approximate surface area is 234 Å². The Kier molecular flexibility index (Phi) is 7.91. The lowest BCUT2D eigenvalue weighted by molar-refractivity contribution is -0.149. The van der Waals surface area contributed by atoms with Crippen molar-refractivity contribution in [2.75, 3.05) is 33.3 Å². The third-order valence-corrected chi connectivity index (χ3v) is 7.74. The number of hydrogen-bond donors (Lipinski definition) is 3. The second-order valence-electron chi connectivity index (χ2n) is 10.2. The van der Waals surface area contributed by atoms with Gasteiger partial charge < -0.3 is 25.3 Å². The molecule has 1 aromatic heterocycles. The molecule has 5 rings (SSSR count). The molecule has 208 valence electrons.